The molecule has 1 saturated carbocycles. The number of carbonyl (C=O) groups is 4. The van der Waals surface area contributed by atoms with E-state index < -0.39 is 17.7 Å². The number of nitrogens with zero attached hydrogens (tertiary/aromatic N) is 1. The average molecular weight is 695 g/mol. The number of H-pyrrole nitrogens is 1. The molecule has 1 aliphatic carbocycles. The van der Waals surface area contributed by atoms with Gasteiger partial charge in [-0.05, 0) is 126 Å². The summed E-state index contributed by atoms with van der Waals surface area (Å²) < 4.78 is 5.35. The molecular formula is C40H50N6O5. The van der Waals surface area contributed by atoms with Crippen molar-refractivity contribution in [2.75, 3.05) is 11.9 Å². The highest BCUT2D eigenvalue weighted by Crippen LogP contribution is 2.29. The third kappa shape index (κ3) is 10.4. The van der Waals surface area contributed by atoms with Gasteiger partial charge in [0, 0.05) is 41.6 Å². The number of benzene rings is 3. The zero-order valence-corrected chi connectivity index (χ0v) is 30.4. The quantitative estimate of drug-likeness (QED) is 0.118. The van der Waals surface area contributed by atoms with E-state index in [1.165, 1.54) is 0 Å². The molecule has 5 N–H and O–H groups in total. The van der Waals surface area contributed by atoms with E-state index in [4.69, 9.17) is 4.74 Å². The van der Waals surface area contributed by atoms with Gasteiger partial charge in [-0.25, -0.2) is 4.79 Å². The third-order valence-corrected chi connectivity index (χ3v) is 9.11. The first-order valence-electron chi connectivity index (χ1n) is 17.8. The van der Waals surface area contributed by atoms with Crippen molar-refractivity contribution in [2.45, 2.75) is 91.3 Å². The van der Waals surface area contributed by atoms with Crippen molar-refractivity contribution >= 4 is 40.4 Å². The summed E-state index contributed by atoms with van der Waals surface area (Å²) in [6.45, 7) is 11.8. The summed E-state index contributed by atoms with van der Waals surface area (Å²) in [5.41, 5.74) is 5.33. The Hall–Kier alpha value is -5.19. The smallest absolute Gasteiger partial charge is 0.407 e. The first-order chi connectivity index (χ1) is 24.2. The number of alkyl carbamates (subject to hydrolysis) is 1. The fourth-order valence-corrected chi connectivity index (χ4v) is 6.44. The number of aromatic nitrogens is 2. The van der Waals surface area contributed by atoms with Gasteiger partial charge in [-0.15, -0.1) is 0 Å². The molecule has 0 spiro atoms. The predicted molar refractivity (Wildman–Crippen MR) is 199 cm³/mol. The lowest BCUT2D eigenvalue weighted by atomic mass is 9.81. The van der Waals surface area contributed by atoms with Crippen LogP contribution < -0.4 is 21.3 Å². The highest BCUT2D eigenvalue weighted by Gasteiger charge is 2.30. The van der Waals surface area contributed by atoms with E-state index in [2.05, 4.69) is 31.5 Å². The number of rotatable bonds is 11. The number of hydrogen-bond donors (Lipinski definition) is 5. The second-order valence-corrected chi connectivity index (χ2v) is 14.9. The van der Waals surface area contributed by atoms with Crippen LogP contribution in [0, 0.1) is 18.8 Å². The first kappa shape index (κ1) is 37.1. The lowest BCUT2D eigenvalue weighted by Crippen LogP contribution is -2.48. The molecule has 5 rings (SSSR count). The molecule has 0 radical (unpaired) electrons. The Morgan fingerprint density at radius 1 is 0.922 bits per heavy atom. The molecule has 11 nitrogen and oxygen atoms in total. The molecular weight excluding hydrogens is 644 g/mol. The van der Waals surface area contributed by atoms with Gasteiger partial charge in [-0.2, -0.15) is 5.10 Å². The van der Waals surface area contributed by atoms with Crippen molar-refractivity contribution in [3.63, 3.8) is 0 Å². The Kier molecular flexibility index (Phi) is 11.8. The molecule has 51 heavy (non-hydrogen) atoms. The van der Waals surface area contributed by atoms with E-state index in [1.54, 1.807) is 6.20 Å². The summed E-state index contributed by atoms with van der Waals surface area (Å²) in [7, 11) is 0. The SMILES string of the molecule is Cc1cc(C(=O)NC(C)C)ccc1-c1ccc(C[C@H](NC(=O)C2CCC(CNC(=O)OC(C)(C)C)CC2)C(=O)Nc2ccc3cn[nH]c3c2)cc1. The van der Waals surface area contributed by atoms with Crippen molar-refractivity contribution in [2.24, 2.45) is 11.8 Å². The van der Waals surface area contributed by atoms with Crippen molar-refractivity contribution in [1.82, 2.24) is 26.1 Å². The highest BCUT2D eigenvalue weighted by molar-refractivity contribution is 5.99. The molecule has 3 aromatic carbocycles. The van der Waals surface area contributed by atoms with E-state index in [0.717, 1.165) is 46.0 Å². The number of fused-ring (bicyclic) bond motifs is 1. The van der Waals surface area contributed by atoms with Crippen LogP contribution in [0.2, 0.25) is 0 Å². The fourth-order valence-electron chi connectivity index (χ4n) is 6.44. The van der Waals surface area contributed by atoms with Gasteiger partial charge in [0.05, 0.1) is 11.7 Å². The Morgan fingerprint density at radius 3 is 2.31 bits per heavy atom. The molecule has 0 aliphatic heterocycles. The largest absolute Gasteiger partial charge is 0.444 e. The van der Waals surface area contributed by atoms with Gasteiger partial charge in [0.1, 0.15) is 11.6 Å². The van der Waals surface area contributed by atoms with Gasteiger partial charge >= 0.3 is 6.09 Å². The third-order valence-electron chi connectivity index (χ3n) is 9.11. The van der Waals surface area contributed by atoms with Gasteiger partial charge in [0.15, 0.2) is 0 Å². The van der Waals surface area contributed by atoms with Crippen molar-refractivity contribution in [3.8, 4) is 11.1 Å². The van der Waals surface area contributed by atoms with E-state index in [-0.39, 0.29) is 35.6 Å². The minimum Gasteiger partial charge on any atom is -0.444 e. The van der Waals surface area contributed by atoms with Crippen molar-refractivity contribution in [3.05, 3.63) is 83.6 Å². The van der Waals surface area contributed by atoms with Crippen LogP contribution in [0.5, 0.6) is 0 Å². The van der Waals surface area contributed by atoms with Crippen LogP contribution in [-0.4, -0.2) is 58.2 Å². The zero-order chi connectivity index (χ0) is 36.7. The minimum absolute atomic E-state index is 0.0514. The summed E-state index contributed by atoms with van der Waals surface area (Å²) >= 11 is 0. The lowest BCUT2D eigenvalue weighted by Gasteiger charge is -2.29. The van der Waals surface area contributed by atoms with Crippen LogP contribution in [-0.2, 0) is 20.7 Å². The average Bonchev–Trinajstić information content (AvgIpc) is 3.55. The summed E-state index contributed by atoms with van der Waals surface area (Å²) in [5, 5.41) is 19.7. The topological polar surface area (TPSA) is 154 Å². The maximum atomic E-state index is 13.8. The van der Waals surface area contributed by atoms with E-state index >= 15 is 0 Å². The number of anilines is 1. The van der Waals surface area contributed by atoms with Crippen LogP contribution in [0.1, 0.15) is 81.8 Å². The molecule has 1 atom stereocenters. The number of aromatic amines is 1. The first-order valence-corrected chi connectivity index (χ1v) is 17.8. The van der Waals surface area contributed by atoms with E-state index in [1.807, 2.05) is 102 Å². The molecule has 4 aromatic rings. The van der Waals surface area contributed by atoms with Crippen LogP contribution >= 0.6 is 0 Å². The predicted octanol–water partition coefficient (Wildman–Crippen LogP) is 6.67. The van der Waals surface area contributed by atoms with Gasteiger partial charge in [0.25, 0.3) is 5.91 Å². The molecule has 1 aromatic heterocycles. The second-order valence-electron chi connectivity index (χ2n) is 14.9. The Balaban J connectivity index is 1.25. The van der Waals surface area contributed by atoms with Gasteiger partial charge < -0.3 is 26.0 Å². The maximum absolute atomic E-state index is 13.8. The fraction of sp³-hybridized carbons (Fsp3) is 0.425. The number of carbonyl (C=O) groups excluding carboxylic acids is 4. The molecule has 1 aliphatic rings. The standard InChI is InChI=1S/C40H50N6O5/c1-24(2)43-37(48)30-16-18-33(25(3)19-30)28-11-7-26(8-12-28)20-35(38(49)44-32-17-15-31-23-42-46-34(31)21-32)45-36(47)29-13-9-27(10-14-29)22-41-39(50)51-40(4,5)6/h7-8,11-12,15-19,21,23-24,27,29,35H,9-10,13-14,20,22H2,1-6H3,(H,41,50)(H,42,46)(H,43,48)(H,44,49)(H,45,47)/t27?,29?,35-/m0/s1. The van der Waals surface area contributed by atoms with Crippen molar-refractivity contribution in [1.29, 1.82) is 0 Å². The number of amides is 4. The van der Waals surface area contributed by atoms with Crippen molar-refractivity contribution < 1.29 is 23.9 Å². The molecule has 4 amide bonds. The Labute approximate surface area is 299 Å². The van der Waals surface area contributed by atoms with Gasteiger partial charge in [-0.1, -0.05) is 30.3 Å². The van der Waals surface area contributed by atoms with Crippen LogP contribution in [0.3, 0.4) is 0 Å². The van der Waals surface area contributed by atoms with Gasteiger partial charge in [-0.3, -0.25) is 19.5 Å². The number of ether oxygens (including phenoxy) is 1. The minimum atomic E-state index is -0.812. The van der Waals surface area contributed by atoms with Crippen LogP contribution in [0.15, 0.2) is 66.9 Å². The Bertz CT molecular complexity index is 1850. The lowest BCUT2D eigenvalue weighted by molar-refractivity contribution is -0.130. The number of hydrogen-bond acceptors (Lipinski definition) is 6. The van der Waals surface area contributed by atoms with E-state index in [0.29, 0.717) is 37.1 Å². The summed E-state index contributed by atoms with van der Waals surface area (Å²) in [5.74, 6) is -0.530. The normalized spacial score (nSPS) is 16.7. The van der Waals surface area contributed by atoms with E-state index in [9.17, 15) is 19.2 Å². The Morgan fingerprint density at radius 2 is 1.65 bits per heavy atom. The summed E-state index contributed by atoms with van der Waals surface area (Å²) in [4.78, 5) is 52.0. The zero-order valence-electron chi connectivity index (χ0n) is 30.4. The highest BCUT2D eigenvalue weighted by atomic mass is 16.6. The summed E-state index contributed by atoms with van der Waals surface area (Å²) in [6.07, 6.45) is 4.50. The van der Waals surface area contributed by atoms with Crippen LogP contribution in [0.4, 0.5) is 10.5 Å². The van der Waals surface area contributed by atoms with Crippen LogP contribution in [0.25, 0.3) is 22.0 Å². The molecule has 1 heterocycles. The molecule has 0 unspecified atom stereocenters. The molecule has 270 valence electrons. The molecule has 0 saturated heterocycles. The molecule has 1 fully saturated rings. The summed E-state index contributed by atoms with van der Waals surface area (Å²) in [6, 6.07) is 18.4. The second kappa shape index (κ2) is 16.2. The number of aryl methyl sites for hydroxylation is 1. The monoisotopic (exact) mass is 694 g/mol. The maximum Gasteiger partial charge on any atom is 0.407 e. The molecule has 0 bridgehead atoms. The van der Waals surface area contributed by atoms with Gasteiger partial charge in [0.2, 0.25) is 11.8 Å². The number of nitrogens with one attached hydrogen (secondary N) is 5. The molecule has 11 heteroatoms.